The molecule has 1 N–H and O–H groups in total. The van der Waals surface area contributed by atoms with Gasteiger partial charge in [-0.05, 0) is 38.5 Å². The number of ether oxygens (including phenoxy) is 2. The number of nitrogens with one attached hydrogen (secondary N) is 1. The molecule has 3 atom stereocenters. The van der Waals surface area contributed by atoms with Crippen molar-refractivity contribution in [1.82, 2.24) is 20.0 Å². The van der Waals surface area contributed by atoms with E-state index in [9.17, 15) is 9.59 Å². The highest BCUT2D eigenvalue weighted by molar-refractivity contribution is 5.94. The molecule has 0 unspecified atom stereocenters. The molecular formula is C20H30N4O4. The van der Waals surface area contributed by atoms with Crippen LogP contribution in [0.4, 0.5) is 0 Å². The summed E-state index contributed by atoms with van der Waals surface area (Å²) in [6.07, 6.45) is 6.72. The maximum Gasteiger partial charge on any atom is 0.314 e. The summed E-state index contributed by atoms with van der Waals surface area (Å²) in [5.41, 5.74) is -0.0457. The molecule has 1 aromatic rings. The summed E-state index contributed by atoms with van der Waals surface area (Å²) in [5, 5.41) is 6.58. The molecule has 8 heteroatoms. The minimum Gasteiger partial charge on any atom is -0.466 e. The molecular weight excluding hydrogens is 360 g/mol. The molecule has 3 heterocycles. The van der Waals surface area contributed by atoms with Crippen LogP contribution in [0.3, 0.4) is 0 Å². The number of amides is 1. The number of likely N-dealkylation sites (tertiary alicyclic amines) is 1. The summed E-state index contributed by atoms with van der Waals surface area (Å²) in [6, 6.07) is 0.493. The number of aromatic nitrogens is 2. The maximum atomic E-state index is 13.1. The lowest BCUT2D eigenvalue weighted by atomic mass is 9.61. The average Bonchev–Trinajstić information content (AvgIpc) is 3.28. The summed E-state index contributed by atoms with van der Waals surface area (Å²) in [6.45, 7) is 6.84. The van der Waals surface area contributed by atoms with E-state index in [4.69, 9.17) is 9.47 Å². The second kappa shape index (κ2) is 8.21. The predicted molar refractivity (Wildman–Crippen MR) is 102 cm³/mol. The van der Waals surface area contributed by atoms with Crippen molar-refractivity contribution < 1.29 is 19.1 Å². The second-order valence-corrected chi connectivity index (χ2v) is 8.15. The van der Waals surface area contributed by atoms with Crippen molar-refractivity contribution in [2.45, 2.75) is 38.6 Å². The third kappa shape index (κ3) is 3.55. The number of fused-ring (bicyclic) bond motifs is 1. The summed E-state index contributed by atoms with van der Waals surface area (Å²) in [5.74, 6) is 0.0536. The molecule has 4 rings (SSSR count). The van der Waals surface area contributed by atoms with Gasteiger partial charge < -0.3 is 14.4 Å². The van der Waals surface area contributed by atoms with Crippen molar-refractivity contribution in [2.24, 2.45) is 11.3 Å². The highest BCUT2D eigenvalue weighted by Gasteiger charge is 2.54. The minimum atomic E-state index is -0.587. The molecule has 0 radical (unpaired) electrons. The third-order valence-electron chi connectivity index (χ3n) is 6.76. The Morgan fingerprint density at radius 3 is 2.86 bits per heavy atom. The fraction of sp³-hybridized carbons (Fsp3) is 0.750. The molecule has 3 aliphatic rings. The van der Waals surface area contributed by atoms with Crippen LogP contribution in [0.15, 0.2) is 12.4 Å². The van der Waals surface area contributed by atoms with E-state index in [0.29, 0.717) is 31.3 Å². The molecule has 1 amide bonds. The standard InChI is InChI=1S/C20H30N4O4/c1-2-28-19(26)20-5-3-17(23-7-9-27-10-8-23)11-16(20)4-6-24(14-20)18(25)15-12-21-22-13-15/h12-13,16-17H,2-11,14H2,1H3,(H,21,22)/t16-,17-,20-/m1/s1. The number of piperidine rings is 1. The highest BCUT2D eigenvalue weighted by atomic mass is 16.5. The van der Waals surface area contributed by atoms with Gasteiger partial charge >= 0.3 is 5.97 Å². The number of nitrogens with zero attached hydrogens (tertiary/aromatic N) is 3. The van der Waals surface area contributed by atoms with Crippen molar-refractivity contribution in [3.63, 3.8) is 0 Å². The van der Waals surface area contributed by atoms with E-state index in [1.165, 1.54) is 0 Å². The van der Waals surface area contributed by atoms with Gasteiger partial charge in [0.05, 0.1) is 37.0 Å². The number of hydrogen-bond donors (Lipinski definition) is 1. The first-order chi connectivity index (χ1) is 13.6. The summed E-state index contributed by atoms with van der Waals surface area (Å²) in [4.78, 5) is 30.3. The molecule has 0 spiro atoms. The molecule has 8 nitrogen and oxygen atoms in total. The Bertz CT molecular complexity index is 688. The Balaban J connectivity index is 1.52. The van der Waals surface area contributed by atoms with Crippen LogP contribution in [0.25, 0.3) is 0 Å². The minimum absolute atomic E-state index is 0.0637. The lowest BCUT2D eigenvalue weighted by molar-refractivity contribution is -0.168. The van der Waals surface area contributed by atoms with Crippen molar-refractivity contribution in [1.29, 1.82) is 0 Å². The van der Waals surface area contributed by atoms with E-state index in [-0.39, 0.29) is 17.8 Å². The second-order valence-electron chi connectivity index (χ2n) is 8.15. The SMILES string of the molecule is CCOC(=O)[C@@]12CC[C@@H](N3CCOCC3)C[C@H]1CCN(C(=O)c1cn[nH]c1)C2. The predicted octanol–water partition coefficient (Wildman–Crippen LogP) is 1.31. The van der Waals surface area contributed by atoms with Gasteiger partial charge in [0, 0.05) is 38.4 Å². The van der Waals surface area contributed by atoms with E-state index < -0.39 is 5.41 Å². The molecule has 2 aliphatic heterocycles. The number of carbonyl (C=O) groups is 2. The first-order valence-corrected chi connectivity index (χ1v) is 10.4. The smallest absolute Gasteiger partial charge is 0.314 e. The number of morpholine rings is 1. The lowest BCUT2D eigenvalue weighted by Crippen LogP contribution is -2.59. The fourth-order valence-electron chi connectivity index (χ4n) is 5.24. The molecule has 0 bridgehead atoms. The lowest BCUT2D eigenvalue weighted by Gasteiger charge is -2.52. The third-order valence-corrected chi connectivity index (χ3v) is 6.76. The molecule has 1 aromatic heterocycles. The maximum absolute atomic E-state index is 13.1. The van der Waals surface area contributed by atoms with Gasteiger partial charge in [-0.1, -0.05) is 0 Å². The Labute approximate surface area is 165 Å². The van der Waals surface area contributed by atoms with Crippen LogP contribution in [0.5, 0.6) is 0 Å². The molecule has 2 saturated heterocycles. The van der Waals surface area contributed by atoms with Crippen LogP contribution in [0, 0.1) is 11.3 Å². The first-order valence-electron chi connectivity index (χ1n) is 10.4. The van der Waals surface area contributed by atoms with Crippen molar-refractivity contribution in [3.05, 3.63) is 18.0 Å². The largest absolute Gasteiger partial charge is 0.466 e. The summed E-state index contributed by atoms with van der Waals surface area (Å²) < 4.78 is 11.0. The zero-order chi connectivity index (χ0) is 19.6. The van der Waals surface area contributed by atoms with Gasteiger partial charge in [-0.25, -0.2) is 0 Å². The van der Waals surface area contributed by atoms with Crippen LogP contribution in [0.2, 0.25) is 0 Å². The Hall–Kier alpha value is -1.93. The number of aromatic amines is 1. The Morgan fingerprint density at radius 2 is 2.14 bits per heavy atom. The van der Waals surface area contributed by atoms with E-state index in [2.05, 4.69) is 15.1 Å². The molecule has 0 aromatic carbocycles. The molecule has 3 fully saturated rings. The Kier molecular flexibility index (Phi) is 5.68. The van der Waals surface area contributed by atoms with Crippen LogP contribution >= 0.6 is 0 Å². The summed E-state index contributed by atoms with van der Waals surface area (Å²) >= 11 is 0. The van der Waals surface area contributed by atoms with Gasteiger partial charge in [-0.3, -0.25) is 19.6 Å². The normalized spacial score (nSPS) is 31.2. The van der Waals surface area contributed by atoms with E-state index in [1.807, 2.05) is 11.8 Å². The molecule has 1 aliphatic carbocycles. The monoisotopic (exact) mass is 390 g/mol. The number of carbonyl (C=O) groups excluding carboxylic acids is 2. The highest BCUT2D eigenvalue weighted by Crippen LogP contribution is 2.48. The van der Waals surface area contributed by atoms with Gasteiger partial charge in [0.25, 0.3) is 5.91 Å². The zero-order valence-corrected chi connectivity index (χ0v) is 16.6. The van der Waals surface area contributed by atoms with E-state index in [1.54, 1.807) is 12.4 Å². The van der Waals surface area contributed by atoms with Crippen LogP contribution < -0.4 is 0 Å². The Morgan fingerprint density at radius 1 is 1.32 bits per heavy atom. The molecule has 1 saturated carbocycles. The van der Waals surface area contributed by atoms with Gasteiger partial charge in [-0.15, -0.1) is 0 Å². The van der Waals surface area contributed by atoms with Gasteiger partial charge in [-0.2, -0.15) is 5.10 Å². The average molecular weight is 390 g/mol. The van der Waals surface area contributed by atoms with Crippen molar-refractivity contribution in [3.8, 4) is 0 Å². The topological polar surface area (TPSA) is 87.8 Å². The van der Waals surface area contributed by atoms with E-state index in [0.717, 1.165) is 52.0 Å². The number of hydrogen-bond acceptors (Lipinski definition) is 6. The van der Waals surface area contributed by atoms with Crippen molar-refractivity contribution in [2.75, 3.05) is 46.0 Å². The number of rotatable bonds is 4. The molecule has 28 heavy (non-hydrogen) atoms. The van der Waals surface area contributed by atoms with Crippen LogP contribution in [0.1, 0.15) is 43.0 Å². The van der Waals surface area contributed by atoms with Gasteiger partial charge in [0.2, 0.25) is 0 Å². The quantitative estimate of drug-likeness (QED) is 0.780. The zero-order valence-electron chi connectivity index (χ0n) is 16.6. The van der Waals surface area contributed by atoms with Gasteiger partial charge in [0.15, 0.2) is 0 Å². The van der Waals surface area contributed by atoms with E-state index >= 15 is 0 Å². The number of H-pyrrole nitrogens is 1. The first kappa shape index (κ1) is 19.4. The van der Waals surface area contributed by atoms with Crippen LogP contribution in [-0.2, 0) is 14.3 Å². The fourth-order valence-corrected chi connectivity index (χ4v) is 5.24. The van der Waals surface area contributed by atoms with Crippen molar-refractivity contribution >= 4 is 11.9 Å². The van der Waals surface area contributed by atoms with Crippen LogP contribution in [-0.4, -0.2) is 83.9 Å². The molecule has 154 valence electrons. The summed E-state index contributed by atoms with van der Waals surface area (Å²) in [7, 11) is 0. The number of esters is 1. The van der Waals surface area contributed by atoms with Gasteiger partial charge in [0.1, 0.15) is 0 Å².